The molecule has 0 unspecified atom stereocenters. The predicted octanol–water partition coefficient (Wildman–Crippen LogP) is 0.801. The largest absolute Gasteiger partial charge is 0.478 e. The minimum atomic E-state index is -1.17. The zero-order chi connectivity index (χ0) is 11.8. The maximum Gasteiger partial charge on any atom is 0.335 e. The smallest absolute Gasteiger partial charge is 0.335 e. The number of hydrogen-bond acceptors (Lipinski definition) is 3. The van der Waals surface area contributed by atoms with Crippen LogP contribution in [0.15, 0.2) is 23.3 Å². The summed E-state index contributed by atoms with van der Waals surface area (Å²) in [5, 5.41) is 25.8. The van der Waals surface area contributed by atoms with Gasteiger partial charge < -0.3 is 15.3 Å². The Morgan fingerprint density at radius 2 is 1.80 bits per heavy atom. The van der Waals surface area contributed by atoms with Gasteiger partial charge in [0.05, 0.1) is 5.57 Å². The average Bonchev–Trinajstić information content (AvgIpc) is 2.15. The van der Waals surface area contributed by atoms with Crippen LogP contribution in [0.1, 0.15) is 19.8 Å². The first-order chi connectivity index (χ1) is 6.99. The third kappa shape index (κ3) is 5.64. The molecule has 0 aromatic carbocycles. The van der Waals surface area contributed by atoms with Crippen molar-refractivity contribution in [3.8, 4) is 0 Å². The summed E-state index contributed by atoms with van der Waals surface area (Å²) >= 11 is 0. The van der Waals surface area contributed by atoms with Crippen molar-refractivity contribution < 1.29 is 24.9 Å². The summed E-state index contributed by atoms with van der Waals surface area (Å²) < 4.78 is 0. The van der Waals surface area contributed by atoms with Crippen LogP contribution in [-0.4, -0.2) is 33.9 Å². The third-order valence-electron chi connectivity index (χ3n) is 1.68. The van der Waals surface area contributed by atoms with Crippen molar-refractivity contribution in [3.63, 3.8) is 0 Å². The van der Waals surface area contributed by atoms with Gasteiger partial charge >= 0.3 is 11.9 Å². The topological polar surface area (TPSA) is 94.8 Å². The fraction of sp³-hybridized carbons (Fsp3) is 0.400. The van der Waals surface area contributed by atoms with Crippen LogP contribution >= 0.6 is 0 Å². The van der Waals surface area contributed by atoms with Gasteiger partial charge in [0.1, 0.15) is 0 Å². The van der Waals surface area contributed by atoms with E-state index < -0.39 is 11.9 Å². The van der Waals surface area contributed by atoms with Gasteiger partial charge in [-0.05, 0) is 25.8 Å². The molecule has 3 N–H and O–H groups in total. The van der Waals surface area contributed by atoms with Crippen LogP contribution < -0.4 is 0 Å². The van der Waals surface area contributed by atoms with E-state index in [9.17, 15) is 9.59 Å². The normalized spacial score (nSPS) is 12.7. The molecule has 0 amide bonds. The molecule has 0 atom stereocenters. The molecular formula is C10H14O5. The third-order valence-corrected chi connectivity index (χ3v) is 1.68. The SMILES string of the molecule is CC(=CC(=CCCCO)C(=O)O)C(=O)O. The first-order valence-electron chi connectivity index (χ1n) is 4.45. The number of unbranched alkanes of at least 4 members (excludes halogenated alkanes) is 1. The molecule has 15 heavy (non-hydrogen) atoms. The van der Waals surface area contributed by atoms with E-state index >= 15 is 0 Å². The molecule has 0 fully saturated rings. The van der Waals surface area contributed by atoms with Gasteiger partial charge in [0, 0.05) is 12.2 Å². The number of aliphatic hydroxyl groups is 1. The van der Waals surface area contributed by atoms with Gasteiger partial charge in [0.25, 0.3) is 0 Å². The highest BCUT2D eigenvalue weighted by Gasteiger charge is 2.07. The molecule has 5 heteroatoms. The molecule has 84 valence electrons. The molecule has 0 aromatic heterocycles. The van der Waals surface area contributed by atoms with E-state index in [1.165, 1.54) is 13.0 Å². The molecule has 0 heterocycles. The highest BCUT2D eigenvalue weighted by molar-refractivity contribution is 5.94. The lowest BCUT2D eigenvalue weighted by Crippen LogP contribution is -2.02. The quantitative estimate of drug-likeness (QED) is 0.345. The molecule has 0 aromatic rings. The summed E-state index contributed by atoms with van der Waals surface area (Å²) in [4.78, 5) is 21.1. The van der Waals surface area contributed by atoms with Gasteiger partial charge in [-0.25, -0.2) is 9.59 Å². The van der Waals surface area contributed by atoms with Crippen LogP contribution in [0, 0.1) is 0 Å². The van der Waals surface area contributed by atoms with Gasteiger partial charge in [-0.1, -0.05) is 6.08 Å². The van der Waals surface area contributed by atoms with Crippen molar-refractivity contribution in [3.05, 3.63) is 23.3 Å². The summed E-state index contributed by atoms with van der Waals surface area (Å²) in [7, 11) is 0. The first-order valence-corrected chi connectivity index (χ1v) is 4.45. The van der Waals surface area contributed by atoms with Crippen LogP contribution in [0.4, 0.5) is 0 Å². The molecule has 5 nitrogen and oxygen atoms in total. The number of aliphatic hydroxyl groups excluding tert-OH is 1. The standard InChI is InChI=1S/C10H14O5/c1-7(9(12)13)6-8(10(14)15)4-2-3-5-11/h4,6,11H,2-3,5H2,1H3,(H,12,13)(H,14,15). The Hall–Kier alpha value is -1.62. The average molecular weight is 214 g/mol. The highest BCUT2D eigenvalue weighted by Crippen LogP contribution is 2.05. The molecular weight excluding hydrogens is 200 g/mol. The minimum absolute atomic E-state index is 0.0228. The molecule has 0 bridgehead atoms. The molecule has 0 aliphatic heterocycles. The summed E-state index contributed by atoms with van der Waals surface area (Å²) in [6.45, 7) is 1.30. The Balaban J connectivity index is 4.68. The molecule has 0 aliphatic carbocycles. The second-order valence-corrected chi connectivity index (χ2v) is 2.96. The van der Waals surface area contributed by atoms with Gasteiger partial charge in [-0.2, -0.15) is 0 Å². The Labute approximate surface area is 87.4 Å². The second kappa shape index (κ2) is 6.78. The Bertz CT molecular complexity index is 301. The number of rotatable bonds is 6. The fourth-order valence-corrected chi connectivity index (χ4v) is 0.852. The maximum absolute atomic E-state index is 10.7. The lowest BCUT2D eigenvalue weighted by atomic mass is 10.1. The Morgan fingerprint density at radius 3 is 2.20 bits per heavy atom. The van der Waals surface area contributed by atoms with Crippen molar-refractivity contribution in [1.82, 2.24) is 0 Å². The minimum Gasteiger partial charge on any atom is -0.478 e. The second-order valence-electron chi connectivity index (χ2n) is 2.96. The van der Waals surface area contributed by atoms with E-state index in [4.69, 9.17) is 15.3 Å². The monoisotopic (exact) mass is 214 g/mol. The van der Waals surface area contributed by atoms with Crippen LogP contribution in [0.2, 0.25) is 0 Å². The maximum atomic E-state index is 10.7. The number of aliphatic carboxylic acids is 2. The predicted molar refractivity (Wildman–Crippen MR) is 53.4 cm³/mol. The van der Waals surface area contributed by atoms with E-state index in [-0.39, 0.29) is 17.8 Å². The summed E-state index contributed by atoms with van der Waals surface area (Å²) in [5.74, 6) is -2.32. The van der Waals surface area contributed by atoms with E-state index in [0.29, 0.717) is 12.8 Å². The van der Waals surface area contributed by atoms with Gasteiger partial charge in [-0.3, -0.25) is 0 Å². The zero-order valence-electron chi connectivity index (χ0n) is 8.43. The van der Waals surface area contributed by atoms with Crippen LogP contribution in [-0.2, 0) is 9.59 Å². The van der Waals surface area contributed by atoms with Gasteiger partial charge in [0.15, 0.2) is 0 Å². The van der Waals surface area contributed by atoms with E-state index in [1.54, 1.807) is 0 Å². The lowest BCUT2D eigenvalue weighted by Gasteiger charge is -1.97. The van der Waals surface area contributed by atoms with Crippen molar-refractivity contribution in [2.45, 2.75) is 19.8 Å². The van der Waals surface area contributed by atoms with Crippen LogP contribution in [0.3, 0.4) is 0 Å². The van der Waals surface area contributed by atoms with Crippen molar-refractivity contribution in [2.75, 3.05) is 6.61 Å². The molecule has 0 aliphatic rings. The molecule has 0 saturated heterocycles. The summed E-state index contributed by atoms with van der Waals surface area (Å²) in [6, 6.07) is 0. The van der Waals surface area contributed by atoms with Gasteiger partial charge in [-0.15, -0.1) is 0 Å². The van der Waals surface area contributed by atoms with Crippen LogP contribution in [0.25, 0.3) is 0 Å². The Kier molecular flexibility index (Phi) is 6.05. The number of carboxylic acids is 2. The number of allylic oxidation sites excluding steroid dienone is 1. The molecule has 0 spiro atoms. The van der Waals surface area contributed by atoms with Crippen molar-refractivity contribution in [1.29, 1.82) is 0 Å². The summed E-state index contributed by atoms with van der Waals surface area (Å²) in [6.07, 6.45) is 3.35. The van der Waals surface area contributed by atoms with E-state index in [0.717, 1.165) is 6.08 Å². The van der Waals surface area contributed by atoms with E-state index in [2.05, 4.69) is 0 Å². The first kappa shape index (κ1) is 13.4. The molecule has 0 rings (SSSR count). The molecule has 0 radical (unpaired) electrons. The van der Waals surface area contributed by atoms with Crippen LogP contribution in [0.5, 0.6) is 0 Å². The number of hydrogen-bond donors (Lipinski definition) is 3. The zero-order valence-corrected chi connectivity index (χ0v) is 8.43. The number of carbonyl (C=O) groups is 2. The fourth-order valence-electron chi connectivity index (χ4n) is 0.852. The van der Waals surface area contributed by atoms with E-state index in [1.807, 2.05) is 0 Å². The number of carboxylic acid groups (broad SMARTS) is 2. The Morgan fingerprint density at radius 1 is 1.20 bits per heavy atom. The highest BCUT2D eigenvalue weighted by atomic mass is 16.4. The van der Waals surface area contributed by atoms with Crippen molar-refractivity contribution >= 4 is 11.9 Å². The lowest BCUT2D eigenvalue weighted by molar-refractivity contribution is -0.132. The molecule has 0 saturated carbocycles. The van der Waals surface area contributed by atoms with Gasteiger partial charge in [0.2, 0.25) is 0 Å². The summed E-state index contributed by atoms with van der Waals surface area (Å²) in [5.41, 5.74) is -0.101. The van der Waals surface area contributed by atoms with Crippen molar-refractivity contribution in [2.24, 2.45) is 0 Å².